The minimum absolute atomic E-state index is 0.0321. The second-order valence-corrected chi connectivity index (χ2v) is 6.78. The first kappa shape index (κ1) is 16.3. The lowest BCUT2D eigenvalue weighted by atomic mass is 10.1. The molecule has 0 spiro atoms. The molecule has 0 amide bonds. The van der Waals surface area contributed by atoms with Crippen LogP contribution in [0.5, 0.6) is 0 Å². The van der Waals surface area contributed by atoms with E-state index in [1.54, 1.807) is 18.2 Å². The molecular formula is C16H14ClNO3S. The molecule has 0 fully saturated rings. The molecule has 0 unspecified atom stereocenters. The summed E-state index contributed by atoms with van der Waals surface area (Å²) in [5, 5.41) is -0.721. The van der Waals surface area contributed by atoms with E-state index in [0.29, 0.717) is 11.3 Å². The van der Waals surface area contributed by atoms with E-state index in [1.807, 2.05) is 19.1 Å². The van der Waals surface area contributed by atoms with Gasteiger partial charge >= 0.3 is 0 Å². The third-order valence-corrected chi connectivity index (χ3v) is 4.64. The van der Waals surface area contributed by atoms with Gasteiger partial charge in [0, 0.05) is 11.3 Å². The van der Waals surface area contributed by atoms with Crippen molar-refractivity contribution in [2.24, 2.45) is 0 Å². The standard InChI is InChI=1S/C16H14ClNO3S/c1-11-6-8-14(9-7-11)18-22(20,21)15-5-3-4-13(10-15)12(2)16(17)19/h3-10,18H,2H2,1H3. The minimum Gasteiger partial charge on any atom is -0.280 e. The smallest absolute Gasteiger partial charge is 0.261 e. The lowest BCUT2D eigenvalue weighted by molar-refractivity contribution is -0.106. The highest BCUT2D eigenvalue weighted by Gasteiger charge is 2.16. The van der Waals surface area contributed by atoms with Gasteiger partial charge in [0.25, 0.3) is 15.3 Å². The fourth-order valence-electron chi connectivity index (χ4n) is 1.80. The summed E-state index contributed by atoms with van der Waals surface area (Å²) < 4.78 is 27.2. The maximum atomic E-state index is 12.4. The zero-order chi connectivity index (χ0) is 16.3. The van der Waals surface area contributed by atoms with Gasteiger partial charge in [-0.05, 0) is 48.4 Å². The average Bonchev–Trinajstić information content (AvgIpc) is 2.48. The van der Waals surface area contributed by atoms with Crippen LogP contribution in [0.2, 0.25) is 0 Å². The second-order valence-electron chi connectivity index (χ2n) is 4.75. The molecule has 0 saturated carbocycles. The largest absolute Gasteiger partial charge is 0.280 e. The SMILES string of the molecule is C=C(C(=O)Cl)c1cccc(S(=O)(=O)Nc2ccc(C)cc2)c1. The van der Waals surface area contributed by atoms with E-state index in [-0.39, 0.29) is 10.5 Å². The van der Waals surface area contributed by atoms with E-state index >= 15 is 0 Å². The Morgan fingerprint density at radius 2 is 1.77 bits per heavy atom. The molecule has 1 N–H and O–H groups in total. The molecule has 0 aliphatic carbocycles. The summed E-state index contributed by atoms with van der Waals surface area (Å²) in [6.45, 7) is 5.46. The third-order valence-electron chi connectivity index (χ3n) is 3.03. The van der Waals surface area contributed by atoms with Gasteiger partial charge in [-0.2, -0.15) is 0 Å². The van der Waals surface area contributed by atoms with Crippen LogP contribution in [0.1, 0.15) is 11.1 Å². The quantitative estimate of drug-likeness (QED) is 0.671. The van der Waals surface area contributed by atoms with Gasteiger partial charge in [0.2, 0.25) is 0 Å². The van der Waals surface area contributed by atoms with Crippen molar-refractivity contribution in [3.05, 3.63) is 66.2 Å². The zero-order valence-corrected chi connectivity index (χ0v) is 13.4. The van der Waals surface area contributed by atoms with E-state index in [1.165, 1.54) is 18.2 Å². The first-order valence-corrected chi connectivity index (χ1v) is 8.24. The number of carbonyl (C=O) groups excluding carboxylic acids is 1. The van der Waals surface area contributed by atoms with Crippen molar-refractivity contribution in [1.29, 1.82) is 0 Å². The summed E-state index contributed by atoms with van der Waals surface area (Å²) in [5.41, 5.74) is 1.91. The summed E-state index contributed by atoms with van der Waals surface area (Å²) >= 11 is 5.37. The number of allylic oxidation sites excluding steroid dienone is 1. The highest BCUT2D eigenvalue weighted by molar-refractivity contribution is 7.92. The number of hydrogen-bond donors (Lipinski definition) is 1. The van der Waals surface area contributed by atoms with Gasteiger partial charge in [0.05, 0.1) is 4.90 Å². The molecule has 0 aromatic heterocycles. The molecule has 4 nitrogen and oxygen atoms in total. The monoisotopic (exact) mass is 335 g/mol. The second kappa shape index (κ2) is 6.34. The third kappa shape index (κ3) is 3.75. The maximum absolute atomic E-state index is 12.4. The predicted molar refractivity (Wildman–Crippen MR) is 88.3 cm³/mol. The molecule has 6 heteroatoms. The van der Waals surface area contributed by atoms with Gasteiger partial charge in [-0.15, -0.1) is 0 Å². The summed E-state index contributed by atoms with van der Waals surface area (Å²) in [5.74, 6) is 0. The summed E-state index contributed by atoms with van der Waals surface area (Å²) in [7, 11) is -3.75. The van der Waals surface area contributed by atoms with Crippen LogP contribution in [0.15, 0.2) is 60.0 Å². The molecular weight excluding hydrogens is 322 g/mol. The van der Waals surface area contributed by atoms with E-state index in [0.717, 1.165) is 5.56 Å². The predicted octanol–water partition coefficient (Wildman–Crippen LogP) is 3.57. The lowest BCUT2D eigenvalue weighted by Crippen LogP contribution is -2.13. The number of nitrogens with one attached hydrogen (secondary N) is 1. The lowest BCUT2D eigenvalue weighted by Gasteiger charge is -2.10. The summed E-state index contributed by atoms with van der Waals surface area (Å²) in [6.07, 6.45) is 0. The molecule has 0 aliphatic heterocycles. The van der Waals surface area contributed by atoms with E-state index in [9.17, 15) is 13.2 Å². The Morgan fingerprint density at radius 1 is 1.14 bits per heavy atom. The molecule has 0 aliphatic rings. The summed E-state index contributed by atoms with van der Waals surface area (Å²) in [6, 6.07) is 12.9. The van der Waals surface area contributed by atoms with Gasteiger partial charge in [0.15, 0.2) is 0 Å². The van der Waals surface area contributed by atoms with Crippen LogP contribution in [0.25, 0.3) is 5.57 Å². The van der Waals surface area contributed by atoms with Crippen LogP contribution in [0, 0.1) is 6.92 Å². The molecule has 2 aromatic carbocycles. The molecule has 0 bridgehead atoms. The van der Waals surface area contributed by atoms with Crippen molar-refractivity contribution >= 4 is 38.1 Å². The number of benzene rings is 2. The van der Waals surface area contributed by atoms with Crippen LogP contribution in [0.4, 0.5) is 5.69 Å². The minimum atomic E-state index is -3.75. The fraction of sp³-hybridized carbons (Fsp3) is 0.0625. The van der Waals surface area contributed by atoms with Crippen molar-refractivity contribution in [1.82, 2.24) is 0 Å². The van der Waals surface area contributed by atoms with Crippen molar-refractivity contribution in [2.75, 3.05) is 4.72 Å². The zero-order valence-electron chi connectivity index (χ0n) is 11.8. The highest BCUT2D eigenvalue weighted by atomic mass is 35.5. The van der Waals surface area contributed by atoms with Gasteiger partial charge < -0.3 is 0 Å². The van der Waals surface area contributed by atoms with E-state index < -0.39 is 15.3 Å². The van der Waals surface area contributed by atoms with Crippen LogP contribution >= 0.6 is 11.6 Å². The molecule has 0 heterocycles. The van der Waals surface area contributed by atoms with E-state index in [4.69, 9.17) is 11.6 Å². The Hall–Kier alpha value is -2.11. The van der Waals surface area contributed by atoms with Crippen LogP contribution in [0.3, 0.4) is 0 Å². The number of aryl methyl sites for hydroxylation is 1. The Kier molecular flexibility index (Phi) is 4.68. The molecule has 114 valence electrons. The molecule has 22 heavy (non-hydrogen) atoms. The Morgan fingerprint density at radius 3 is 2.36 bits per heavy atom. The van der Waals surface area contributed by atoms with E-state index in [2.05, 4.69) is 11.3 Å². The number of rotatable bonds is 5. The first-order valence-electron chi connectivity index (χ1n) is 6.38. The van der Waals surface area contributed by atoms with Crippen LogP contribution in [-0.2, 0) is 14.8 Å². The van der Waals surface area contributed by atoms with Crippen molar-refractivity contribution < 1.29 is 13.2 Å². The number of hydrogen-bond acceptors (Lipinski definition) is 3. The van der Waals surface area contributed by atoms with Gasteiger partial charge in [0.1, 0.15) is 0 Å². The highest BCUT2D eigenvalue weighted by Crippen LogP contribution is 2.21. The van der Waals surface area contributed by atoms with Crippen LogP contribution in [-0.4, -0.2) is 13.7 Å². The Labute approximate surface area is 134 Å². The van der Waals surface area contributed by atoms with Gasteiger partial charge in [-0.3, -0.25) is 9.52 Å². The molecule has 2 aromatic rings. The maximum Gasteiger partial charge on any atom is 0.261 e. The van der Waals surface area contributed by atoms with Crippen molar-refractivity contribution in [2.45, 2.75) is 11.8 Å². The molecule has 2 rings (SSSR count). The molecule has 0 atom stereocenters. The average molecular weight is 336 g/mol. The molecule has 0 saturated heterocycles. The normalized spacial score (nSPS) is 11.0. The number of halogens is 1. The first-order chi connectivity index (χ1) is 10.3. The van der Waals surface area contributed by atoms with Gasteiger partial charge in [-0.1, -0.05) is 36.4 Å². The van der Waals surface area contributed by atoms with Crippen molar-refractivity contribution in [3.8, 4) is 0 Å². The molecule has 0 radical (unpaired) electrons. The Bertz CT molecular complexity index is 827. The fourth-order valence-corrected chi connectivity index (χ4v) is 3.01. The Balaban J connectivity index is 2.33. The topological polar surface area (TPSA) is 63.2 Å². The van der Waals surface area contributed by atoms with Crippen molar-refractivity contribution in [3.63, 3.8) is 0 Å². The number of anilines is 1. The number of sulfonamides is 1. The summed E-state index contributed by atoms with van der Waals surface area (Å²) in [4.78, 5) is 11.2. The van der Waals surface area contributed by atoms with Gasteiger partial charge in [-0.25, -0.2) is 8.42 Å². The number of carbonyl (C=O) groups is 1. The van der Waals surface area contributed by atoms with Crippen LogP contribution < -0.4 is 4.72 Å².